The van der Waals surface area contributed by atoms with Crippen molar-refractivity contribution in [3.05, 3.63) is 11.1 Å². The summed E-state index contributed by atoms with van der Waals surface area (Å²) in [5.41, 5.74) is 6.19. The van der Waals surface area contributed by atoms with Crippen LogP contribution in [-0.2, 0) is 20.7 Å². The molecule has 1 saturated heterocycles. The van der Waals surface area contributed by atoms with Crippen LogP contribution in [0.1, 0.15) is 19.5 Å². The second-order valence-electron chi connectivity index (χ2n) is 4.61. The zero-order valence-corrected chi connectivity index (χ0v) is 11.3. The maximum absolute atomic E-state index is 11.7. The Morgan fingerprint density at radius 3 is 3.06 bits per heavy atom. The van der Waals surface area contributed by atoms with E-state index in [2.05, 4.69) is 10.3 Å². The minimum absolute atomic E-state index is 0.0893. The first kappa shape index (κ1) is 13.3. The van der Waals surface area contributed by atoms with Gasteiger partial charge in [0.25, 0.3) is 0 Å². The number of nitrogens with zero attached hydrogens (tertiary/aromatic N) is 1. The van der Waals surface area contributed by atoms with Crippen LogP contribution in [0.15, 0.2) is 5.38 Å². The van der Waals surface area contributed by atoms with E-state index in [-0.39, 0.29) is 18.4 Å². The number of nitrogens with two attached hydrogens (primary N) is 1. The highest BCUT2D eigenvalue weighted by atomic mass is 32.1. The average Bonchev–Trinajstić information content (AvgIpc) is 2.82. The number of carbonyl (C=O) groups excluding carboxylic acids is 1. The van der Waals surface area contributed by atoms with Crippen molar-refractivity contribution >= 4 is 22.4 Å². The molecule has 0 spiro atoms. The van der Waals surface area contributed by atoms with E-state index in [1.54, 1.807) is 5.38 Å². The molecule has 0 aromatic carbocycles. The largest absolute Gasteiger partial charge is 0.375 e. The molecule has 1 aromatic heterocycles. The summed E-state index contributed by atoms with van der Waals surface area (Å²) in [5, 5.41) is 5.06. The highest BCUT2D eigenvalue weighted by molar-refractivity contribution is 7.13. The van der Waals surface area contributed by atoms with E-state index in [1.807, 2.05) is 13.8 Å². The fourth-order valence-corrected chi connectivity index (χ4v) is 2.28. The van der Waals surface area contributed by atoms with Crippen molar-refractivity contribution in [3.63, 3.8) is 0 Å². The second kappa shape index (κ2) is 5.21. The molecule has 7 heteroatoms. The lowest BCUT2D eigenvalue weighted by atomic mass is 10.3. The van der Waals surface area contributed by atoms with Gasteiger partial charge in [0.2, 0.25) is 5.91 Å². The first-order chi connectivity index (χ1) is 8.44. The summed E-state index contributed by atoms with van der Waals surface area (Å²) >= 11 is 1.33. The summed E-state index contributed by atoms with van der Waals surface area (Å²) in [5.74, 6) is -0.646. The Morgan fingerprint density at radius 2 is 2.50 bits per heavy atom. The molecular weight excluding hydrogens is 254 g/mol. The van der Waals surface area contributed by atoms with Gasteiger partial charge in [-0.3, -0.25) is 4.79 Å². The number of aromatic nitrogens is 1. The Morgan fingerprint density at radius 1 is 1.72 bits per heavy atom. The molecule has 1 fully saturated rings. The van der Waals surface area contributed by atoms with Crippen molar-refractivity contribution in [1.82, 2.24) is 10.3 Å². The van der Waals surface area contributed by atoms with Crippen LogP contribution in [0, 0.1) is 0 Å². The Kier molecular flexibility index (Phi) is 3.84. The van der Waals surface area contributed by atoms with Gasteiger partial charge in [-0.05, 0) is 13.8 Å². The second-order valence-corrected chi connectivity index (χ2v) is 5.50. The SMILES string of the molecule is CC1(C)OCC(CNC(=O)Cc2csc(N)n2)O1. The normalized spacial score (nSPS) is 22.0. The standard InChI is InChI=1S/C11H17N3O3S/c1-11(2)16-5-8(17-11)4-13-9(15)3-7-6-18-10(12)14-7/h6,8H,3-5H2,1-2H3,(H2,12,14)(H,13,15). The van der Waals surface area contributed by atoms with Gasteiger partial charge in [-0.2, -0.15) is 0 Å². The molecule has 2 heterocycles. The number of nitrogen functional groups attached to an aromatic ring is 1. The quantitative estimate of drug-likeness (QED) is 0.834. The molecular formula is C11H17N3O3S. The molecule has 18 heavy (non-hydrogen) atoms. The summed E-state index contributed by atoms with van der Waals surface area (Å²) in [4.78, 5) is 15.7. The van der Waals surface area contributed by atoms with Gasteiger partial charge in [0.15, 0.2) is 10.9 Å². The summed E-state index contributed by atoms with van der Waals surface area (Å²) < 4.78 is 11.0. The maximum Gasteiger partial charge on any atom is 0.226 e. The van der Waals surface area contributed by atoms with E-state index in [0.717, 1.165) is 0 Å². The highest BCUT2D eigenvalue weighted by Gasteiger charge is 2.32. The molecule has 100 valence electrons. The van der Waals surface area contributed by atoms with E-state index in [9.17, 15) is 4.79 Å². The number of carbonyl (C=O) groups is 1. The van der Waals surface area contributed by atoms with Gasteiger partial charge in [0.1, 0.15) is 6.10 Å². The van der Waals surface area contributed by atoms with E-state index >= 15 is 0 Å². The number of rotatable bonds is 4. The molecule has 1 amide bonds. The summed E-state index contributed by atoms with van der Waals surface area (Å²) in [6.07, 6.45) is 0.148. The monoisotopic (exact) mass is 271 g/mol. The Balaban J connectivity index is 1.72. The average molecular weight is 271 g/mol. The van der Waals surface area contributed by atoms with E-state index < -0.39 is 5.79 Å². The number of thiazole rings is 1. The number of anilines is 1. The van der Waals surface area contributed by atoms with Crippen LogP contribution < -0.4 is 11.1 Å². The number of hydrogen-bond acceptors (Lipinski definition) is 6. The number of hydrogen-bond donors (Lipinski definition) is 2. The number of amides is 1. The third kappa shape index (κ3) is 3.66. The van der Waals surface area contributed by atoms with Crippen molar-refractivity contribution in [1.29, 1.82) is 0 Å². The third-order valence-electron chi connectivity index (χ3n) is 2.51. The van der Waals surface area contributed by atoms with Crippen LogP contribution in [0.3, 0.4) is 0 Å². The van der Waals surface area contributed by atoms with Gasteiger partial charge in [-0.25, -0.2) is 4.98 Å². The van der Waals surface area contributed by atoms with Crippen molar-refractivity contribution in [2.45, 2.75) is 32.2 Å². The Bertz CT molecular complexity index is 433. The Labute approximate surface area is 109 Å². The van der Waals surface area contributed by atoms with Crippen LogP contribution >= 0.6 is 11.3 Å². The van der Waals surface area contributed by atoms with Crippen LogP contribution in [0.5, 0.6) is 0 Å². The minimum atomic E-state index is -0.557. The molecule has 1 atom stereocenters. The molecule has 1 aromatic rings. The Hall–Kier alpha value is -1.18. The molecule has 6 nitrogen and oxygen atoms in total. The molecule has 1 aliphatic heterocycles. The predicted octanol–water partition coefficient (Wildman–Crippen LogP) is 0.535. The van der Waals surface area contributed by atoms with Gasteiger partial charge in [-0.15, -0.1) is 11.3 Å². The molecule has 1 unspecified atom stereocenters. The van der Waals surface area contributed by atoms with Gasteiger partial charge in [0, 0.05) is 11.9 Å². The van der Waals surface area contributed by atoms with Crippen molar-refractivity contribution in [2.75, 3.05) is 18.9 Å². The van der Waals surface area contributed by atoms with Crippen LogP contribution in [0.25, 0.3) is 0 Å². The lowest BCUT2D eigenvalue weighted by molar-refractivity contribution is -0.139. The van der Waals surface area contributed by atoms with E-state index in [4.69, 9.17) is 15.2 Å². The molecule has 0 radical (unpaired) electrons. The number of nitrogens with one attached hydrogen (secondary N) is 1. The first-order valence-electron chi connectivity index (χ1n) is 5.73. The highest BCUT2D eigenvalue weighted by Crippen LogP contribution is 2.21. The molecule has 1 aliphatic rings. The fraction of sp³-hybridized carbons (Fsp3) is 0.636. The summed E-state index contributed by atoms with van der Waals surface area (Å²) in [6.45, 7) is 4.65. The van der Waals surface area contributed by atoms with Gasteiger partial charge < -0.3 is 20.5 Å². The maximum atomic E-state index is 11.7. The topological polar surface area (TPSA) is 86.5 Å². The number of ether oxygens (including phenoxy) is 2. The van der Waals surface area contributed by atoms with E-state index in [0.29, 0.717) is 24.0 Å². The van der Waals surface area contributed by atoms with E-state index in [1.165, 1.54) is 11.3 Å². The van der Waals surface area contributed by atoms with Gasteiger partial charge in [-0.1, -0.05) is 0 Å². The molecule has 0 saturated carbocycles. The first-order valence-corrected chi connectivity index (χ1v) is 6.61. The summed E-state index contributed by atoms with van der Waals surface area (Å²) in [7, 11) is 0. The van der Waals surface area contributed by atoms with Crippen LogP contribution in [0.4, 0.5) is 5.13 Å². The minimum Gasteiger partial charge on any atom is -0.375 e. The van der Waals surface area contributed by atoms with Crippen LogP contribution in [-0.4, -0.2) is 35.9 Å². The zero-order chi connectivity index (χ0) is 13.2. The fourth-order valence-electron chi connectivity index (χ4n) is 1.72. The smallest absolute Gasteiger partial charge is 0.226 e. The van der Waals surface area contributed by atoms with Crippen molar-refractivity contribution < 1.29 is 14.3 Å². The summed E-state index contributed by atoms with van der Waals surface area (Å²) in [6, 6.07) is 0. The zero-order valence-electron chi connectivity index (χ0n) is 10.4. The van der Waals surface area contributed by atoms with Crippen molar-refractivity contribution in [2.24, 2.45) is 0 Å². The third-order valence-corrected chi connectivity index (χ3v) is 3.23. The van der Waals surface area contributed by atoms with Gasteiger partial charge in [0.05, 0.1) is 18.7 Å². The molecule has 2 rings (SSSR count). The van der Waals surface area contributed by atoms with Crippen molar-refractivity contribution in [3.8, 4) is 0 Å². The predicted molar refractivity (Wildman–Crippen MR) is 68.1 cm³/mol. The lowest BCUT2D eigenvalue weighted by Crippen LogP contribution is -2.35. The van der Waals surface area contributed by atoms with Gasteiger partial charge >= 0.3 is 0 Å². The van der Waals surface area contributed by atoms with Crippen LogP contribution in [0.2, 0.25) is 0 Å². The molecule has 0 aliphatic carbocycles. The molecule has 0 bridgehead atoms. The molecule has 3 N–H and O–H groups in total. The lowest BCUT2D eigenvalue weighted by Gasteiger charge is -2.17.